The van der Waals surface area contributed by atoms with Crippen molar-refractivity contribution in [2.45, 2.75) is 13.1 Å². The largest absolute Gasteiger partial charge is 0.361 e. The van der Waals surface area contributed by atoms with Gasteiger partial charge in [0.25, 0.3) is 0 Å². The van der Waals surface area contributed by atoms with Gasteiger partial charge in [-0.05, 0) is 23.1 Å². The minimum atomic E-state index is 0.158. The lowest BCUT2D eigenvalue weighted by molar-refractivity contribution is -0.128. The molecule has 1 amide bonds. The molecule has 0 atom stereocenters. The molecular formula is C17H21N3OS. The van der Waals surface area contributed by atoms with E-state index in [2.05, 4.69) is 34.5 Å². The molecule has 0 radical (unpaired) electrons. The topological polar surface area (TPSA) is 35.6 Å². The molecule has 5 heteroatoms. The van der Waals surface area contributed by atoms with Gasteiger partial charge < -0.3 is 15.1 Å². The Bertz CT molecular complexity index is 627. The molecule has 4 nitrogen and oxygen atoms in total. The molecule has 0 fully saturated rings. The van der Waals surface area contributed by atoms with Gasteiger partial charge in [-0.1, -0.05) is 24.3 Å². The lowest BCUT2D eigenvalue weighted by Gasteiger charge is -2.26. The van der Waals surface area contributed by atoms with Crippen molar-refractivity contribution in [2.75, 3.05) is 31.6 Å². The SMILES string of the molecule is CN(Cc1cccs1)C(=O)CN1CCNCc2ccccc21. The third-order valence-electron chi connectivity index (χ3n) is 3.93. The first-order chi connectivity index (χ1) is 10.7. The van der Waals surface area contributed by atoms with Crippen molar-refractivity contribution < 1.29 is 4.79 Å². The van der Waals surface area contributed by atoms with Gasteiger partial charge in [-0.25, -0.2) is 0 Å². The number of thiophene rings is 1. The fourth-order valence-electron chi connectivity index (χ4n) is 2.70. The number of benzene rings is 1. The molecule has 0 aliphatic carbocycles. The minimum Gasteiger partial charge on any atom is -0.361 e. The van der Waals surface area contributed by atoms with Gasteiger partial charge in [-0.3, -0.25) is 4.79 Å². The van der Waals surface area contributed by atoms with Gasteiger partial charge in [-0.15, -0.1) is 11.3 Å². The molecule has 22 heavy (non-hydrogen) atoms. The van der Waals surface area contributed by atoms with Crippen molar-refractivity contribution in [1.82, 2.24) is 10.2 Å². The average molecular weight is 315 g/mol. The third kappa shape index (κ3) is 3.48. The third-order valence-corrected chi connectivity index (χ3v) is 4.79. The molecule has 2 heterocycles. The molecule has 0 saturated heterocycles. The lowest BCUT2D eigenvalue weighted by atomic mass is 10.1. The van der Waals surface area contributed by atoms with Crippen LogP contribution in [0.3, 0.4) is 0 Å². The minimum absolute atomic E-state index is 0.158. The Kier molecular flexibility index (Phi) is 4.75. The monoisotopic (exact) mass is 315 g/mol. The van der Waals surface area contributed by atoms with Crippen LogP contribution in [-0.2, 0) is 17.9 Å². The molecule has 0 bridgehead atoms. The number of nitrogens with one attached hydrogen (secondary N) is 1. The van der Waals surface area contributed by atoms with E-state index in [1.165, 1.54) is 16.1 Å². The number of rotatable bonds is 4. The van der Waals surface area contributed by atoms with Gasteiger partial charge >= 0.3 is 0 Å². The van der Waals surface area contributed by atoms with E-state index in [1.54, 1.807) is 11.3 Å². The number of anilines is 1. The maximum absolute atomic E-state index is 12.5. The Balaban J connectivity index is 1.68. The Labute approximate surface area is 135 Å². The number of likely N-dealkylation sites (N-methyl/N-ethyl adjacent to an activating group) is 1. The van der Waals surface area contributed by atoms with Crippen molar-refractivity contribution in [3.63, 3.8) is 0 Å². The van der Waals surface area contributed by atoms with Crippen molar-refractivity contribution >= 4 is 22.9 Å². The number of fused-ring (bicyclic) bond motifs is 1. The van der Waals surface area contributed by atoms with E-state index in [1.807, 2.05) is 29.5 Å². The summed E-state index contributed by atoms with van der Waals surface area (Å²) in [7, 11) is 1.88. The summed E-state index contributed by atoms with van der Waals surface area (Å²) in [5.41, 5.74) is 2.43. The van der Waals surface area contributed by atoms with Crippen molar-refractivity contribution in [2.24, 2.45) is 0 Å². The smallest absolute Gasteiger partial charge is 0.242 e. The van der Waals surface area contributed by atoms with Crippen LogP contribution in [-0.4, -0.2) is 37.5 Å². The van der Waals surface area contributed by atoms with Gasteiger partial charge in [0.1, 0.15) is 0 Å². The molecular weight excluding hydrogens is 294 g/mol. The van der Waals surface area contributed by atoms with Crippen LogP contribution in [0.5, 0.6) is 0 Å². The van der Waals surface area contributed by atoms with Crippen LogP contribution < -0.4 is 10.2 Å². The van der Waals surface area contributed by atoms with Crippen LogP contribution in [0, 0.1) is 0 Å². The maximum atomic E-state index is 12.5. The average Bonchev–Trinajstić information content (AvgIpc) is 2.95. The van der Waals surface area contributed by atoms with E-state index in [4.69, 9.17) is 0 Å². The first kappa shape index (κ1) is 15.1. The molecule has 2 aromatic rings. The van der Waals surface area contributed by atoms with Crippen LogP contribution in [0.4, 0.5) is 5.69 Å². The Morgan fingerprint density at radius 3 is 3.00 bits per heavy atom. The highest BCUT2D eigenvalue weighted by Crippen LogP contribution is 2.22. The Morgan fingerprint density at radius 1 is 1.32 bits per heavy atom. The number of nitrogens with zero attached hydrogens (tertiary/aromatic N) is 2. The molecule has 1 aliphatic rings. The van der Waals surface area contributed by atoms with Gasteiger partial charge in [-0.2, -0.15) is 0 Å². The molecule has 1 aliphatic heterocycles. The predicted molar refractivity (Wildman–Crippen MR) is 91.2 cm³/mol. The summed E-state index contributed by atoms with van der Waals surface area (Å²) in [6.45, 7) is 3.74. The highest BCUT2D eigenvalue weighted by atomic mass is 32.1. The summed E-state index contributed by atoms with van der Waals surface area (Å²) < 4.78 is 0. The van der Waals surface area contributed by atoms with Crippen LogP contribution in [0.2, 0.25) is 0 Å². The zero-order valence-corrected chi connectivity index (χ0v) is 13.6. The maximum Gasteiger partial charge on any atom is 0.242 e. The van der Waals surface area contributed by atoms with E-state index in [0.717, 1.165) is 19.6 Å². The van der Waals surface area contributed by atoms with Crippen LogP contribution in [0.15, 0.2) is 41.8 Å². The number of amides is 1. The van der Waals surface area contributed by atoms with Gasteiger partial charge in [0.15, 0.2) is 0 Å². The van der Waals surface area contributed by atoms with E-state index in [-0.39, 0.29) is 5.91 Å². The van der Waals surface area contributed by atoms with Crippen molar-refractivity contribution in [3.8, 4) is 0 Å². The standard InChI is InChI=1S/C17H21N3OS/c1-19(12-15-6-4-10-22-15)17(21)13-20-9-8-18-11-14-5-2-3-7-16(14)20/h2-7,10,18H,8-9,11-13H2,1H3. The van der Waals surface area contributed by atoms with Crippen molar-refractivity contribution in [1.29, 1.82) is 0 Å². The molecule has 3 rings (SSSR count). The number of hydrogen-bond donors (Lipinski definition) is 1. The van der Waals surface area contributed by atoms with Crippen LogP contribution in [0.1, 0.15) is 10.4 Å². The fourth-order valence-corrected chi connectivity index (χ4v) is 3.46. The van der Waals surface area contributed by atoms with Crippen LogP contribution in [0.25, 0.3) is 0 Å². The summed E-state index contributed by atoms with van der Waals surface area (Å²) in [5, 5.41) is 5.45. The van der Waals surface area contributed by atoms with Gasteiger partial charge in [0, 0.05) is 37.2 Å². The molecule has 1 aromatic heterocycles. The molecule has 0 saturated carbocycles. The fraction of sp³-hybridized carbons (Fsp3) is 0.353. The molecule has 0 unspecified atom stereocenters. The lowest BCUT2D eigenvalue weighted by Crippen LogP contribution is -2.39. The molecule has 0 spiro atoms. The van der Waals surface area contributed by atoms with E-state index >= 15 is 0 Å². The molecule has 1 aromatic carbocycles. The van der Waals surface area contributed by atoms with Crippen molar-refractivity contribution in [3.05, 3.63) is 52.2 Å². The summed E-state index contributed by atoms with van der Waals surface area (Å²) in [4.78, 5) is 17.7. The molecule has 1 N–H and O–H groups in total. The highest BCUT2D eigenvalue weighted by molar-refractivity contribution is 7.09. The number of carbonyl (C=O) groups excluding carboxylic acids is 1. The zero-order valence-electron chi connectivity index (χ0n) is 12.8. The summed E-state index contributed by atoms with van der Waals surface area (Å²) in [5.74, 6) is 0.158. The van der Waals surface area contributed by atoms with Gasteiger partial charge in [0.05, 0.1) is 13.1 Å². The van der Waals surface area contributed by atoms with Crippen LogP contribution >= 0.6 is 11.3 Å². The van der Waals surface area contributed by atoms with E-state index in [0.29, 0.717) is 13.1 Å². The van der Waals surface area contributed by atoms with E-state index < -0.39 is 0 Å². The molecule has 116 valence electrons. The Hall–Kier alpha value is -1.85. The summed E-state index contributed by atoms with van der Waals surface area (Å²) >= 11 is 1.69. The summed E-state index contributed by atoms with van der Waals surface area (Å²) in [6.07, 6.45) is 0. The van der Waals surface area contributed by atoms with Gasteiger partial charge in [0.2, 0.25) is 5.91 Å². The first-order valence-corrected chi connectivity index (χ1v) is 8.42. The zero-order chi connectivity index (χ0) is 15.4. The number of hydrogen-bond acceptors (Lipinski definition) is 4. The highest BCUT2D eigenvalue weighted by Gasteiger charge is 2.19. The second kappa shape index (κ2) is 6.94. The number of carbonyl (C=O) groups is 1. The normalized spacial score (nSPS) is 14.3. The predicted octanol–water partition coefficient (Wildman–Crippen LogP) is 2.32. The van der Waals surface area contributed by atoms with E-state index in [9.17, 15) is 4.79 Å². The Morgan fingerprint density at radius 2 is 2.18 bits per heavy atom. The number of para-hydroxylation sites is 1. The quantitative estimate of drug-likeness (QED) is 0.940. The second-order valence-corrected chi connectivity index (χ2v) is 6.59. The second-order valence-electron chi connectivity index (χ2n) is 5.56. The summed E-state index contributed by atoms with van der Waals surface area (Å²) in [6, 6.07) is 12.4. The first-order valence-electron chi connectivity index (χ1n) is 7.54.